The van der Waals surface area contributed by atoms with E-state index in [1.165, 1.54) is 0 Å². The monoisotopic (exact) mass is 352 g/mol. The van der Waals surface area contributed by atoms with E-state index in [-0.39, 0.29) is 17.2 Å². The number of hydrogen-bond donors (Lipinski definition) is 1. The molecule has 0 radical (unpaired) electrons. The van der Waals surface area contributed by atoms with Crippen molar-refractivity contribution < 1.29 is 9.59 Å². The molecular weight excluding hydrogens is 324 g/mol. The normalized spacial score (nSPS) is 11.2. The van der Waals surface area contributed by atoms with Crippen molar-refractivity contribution in [2.45, 2.75) is 52.4 Å². The van der Waals surface area contributed by atoms with E-state index in [4.69, 9.17) is 11.6 Å². The van der Waals surface area contributed by atoms with Crippen molar-refractivity contribution in [3.63, 3.8) is 0 Å². The van der Waals surface area contributed by atoms with Gasteiger partial charge in [-0.25, -0.2) is 0 Å². The Hall–Kier alpha value is -1.55. The fraction of sp³-hybridized carbons (Fsp3) is 0.579. The lowest BCUT2D eigenvalue weighted by molar-refractivity contribution is -0.131. The summed E-state index contributed by atoms with van der Waals surface area (Å²) in [6, 6.07) is 7.70. The van der Waals surface area contributed by atoms with Crippen molar-refractivity contribution in [2.75, 3.05) is 19.6 Å². The lowest BCUT2D eigenvalue weighted by Gasteiger charge is -2.26. The largest absolute Gasteiger partial charge is 0.355 e. The fourth-order valence-electron chi connectivity index (χ4n) is 2.55. The van der Waals surface area contributed by atoms with Gasteiger partial charge in [-0.15, -0.1) is 0 Å². The molecule has 0 aliphatic rings. The van der Waals surface area contributed by atoms with E-state index >= 15 is 0 Å². The summed E-state index contributed by atoms with van der Waals surface area (Å²) in [4.78, 5) is 25.7. The molecule has 0 saturated carbocycles. The minimum Gasteiger partial charge on any atom is -0.355 e. The summed E-state index contributed by atoms with van der Waals surface area (Å²) >= 11 is 6.04. The molecule has 0 atom stereocenters. The molecule has 0 aliphatic carbocycles. The van der Waals surface area contributed by atoms with E-state index in [2.05, 4.69) is 19.2 Å². The second kappa shape index (κ2) is 9.67. The smallest absolute Gasteiger partial charge is 0.222 e. The van der Waals surface area contributed by atoms with Crippen LogP contribution < -0.4 is 5.32 Å². The van der Waals surface area contributed by atoms with Gasteiger partial charge in [0.25, 0.3) is 0 Å². The molecule has 1 aromatic rings. The molecule has 1 aromatic carbocycles. The Morgan fingerprint density at radius 1 is 1.17 bits per heavy atom. The van der Waals surface area contributed by atoms with Crippen LogP contribution in [0.5, 0.6) is 0 Å². The van der Waals surface area contributed by atoms with Crippen LogP contribution in [0.3, 0.4) is 0 Å². The summed E-state index contributed by atoms with van der Waals surface area (Å²) in [5.74, 6) is 0.101. The van der Waals surface area contributed by atoms with E-state index in [1.807, 2.05) is 38.1 Å². The topological polar surface area (TPSA) is 49.4 Å². The van der Waals surface area contributed by atoms with Crippen molar-refractivity contribution in [2.24, 2.45) is 0 Å². The highest BCUT2D eigenvalue weighted by molar-refractivity contribution is 6.30. The minimum absolute atomic E-state index is 0.0162. The number of rotatable bonds is 9. The third-order valence-electron chi connectivity index (χ3n) is 4.24. The van der Waals surface area contributed by atoms with Gasteiger partial charge in [-0.2, -0.15) is 0 Å². The molecule has 2 amide bonds. The average Bonchev–Trinajstić information content (AvgIpc) is 2.54. The second-order valence-corrected chi connectivity index (χ2v) is 7.03. The summed E-state index contributed by atoms with van der Waals surface area (Å²) in [7, 11) is 0. The lowest BCUT2D eigenvalue weighted by atomic mass is 9.84. The first-order valence-corrected chi connectivity index (χ1v) is 8.98. The van der Waals surface area contributed by atoms with Gasteiger partial charge < -0.3 is 10.2 Å². The first-order valence-electron chi connectivity index (χ1n) is 8.60. The predicted octanol–water partition coefficient (Wildman–Crippen LogP) is 3.77. The van der Waals surface area contributed by atoms with Crippen LogP contribution in [0.1, 0.15) is 52.5 Å². The predicted molar refractivity (Wildman–Crippen MR) is 99.3 cm³/mol. The highest BCUT2D eigenvalue weighted by atomic mass is 35.5. The number of carbonyl (C=O) groups is 2. The average molecular weight is 353 g/mol. The van der Waals surface area contributed by atoms with Gasteiger partial charge in [-0.1, -0.05) is 37.6 Å². The standard InChI is InChI=1S/C19H29ClN2O2/c1-5-22(6-2)18(24)12-8-11-17(23)21-14-19(3,4)15-9-7-10-16(20)13-15/h7,9-10,13H,5-6,8,11-12,14H2,1-4H3,(H,21,23). The molecule has 1 N–H and O–H groups in total. The summed E-state index contributed by atoms with van der Waals surface area (Å²) in [5.41, 5.74) is 0.893. The lowest BCUT2D eigenvalue weighted by Crippen LogP contribution is -2.36. The Morgan fingerprint density at radius 3 is 2.42 bits per heavy atom. The molecule has 4 nitrogen and oxygen atoms in total. The van der Waals surface area contributed by atoms with E-state index in [0.717, 1.165) is 18.7 Å². The van der Waals surface area contributed by atoms with Crippen LogP contribution in [0.4, 0.5) is 0 Å². The molecule has 0 fully saturated rings. The maximum atomic E-state index is 12.0. The van der Waals surface area contributed by atoms with Gasteiger partial charge in [0.2, 0.25) is 11.8 Å². The SMILES string of the molecule is CCN(CC)C(=O)CCCC(=O)NCC(C)(C)c1cccc(Cl)c1. The summed E-state index contributed by atoms with van der Waals surface area (Å²) in [6.45, 7) is 10.0. The highest BCUT2D eigenvalue weighted by Crippen LogP contribution is 2.24. The Kier molecular flexibility index (Phi) is 8.26. The number of benzene rings is 1. The zero-order valence-corrected chi connectivity index (χ0v) is 15.9. The van der Waals surface area contributed by atoms with Gasteiger partial charge in [0, 0.05) is 42.9 Å². The van der Waals surface area contributed by atoms with Gasteiger partial charge in [0.1, 0.15) is 0 Å². The van der Waals surface area contributed by atoms with Crippen LogP contribution in [0.25, 0.3) is 0 Å². The van der Waals surface area contributed by atoms with Gasteiger partial charge in [0.15, 0.2) is 0 Å². The molecule has 1 rings (SSSR count). The summed E-state index contributed by atoms with van der Waals surface area (Å²) in [6.07, 6.45) is 1.38. The van der Waals surface area contributed by atoms with Gasteiger partial charge in [-0.3, -0.25) is 9.59 Å². The molecule has 0 saturated heterocycles. The molecule has 24 heavy (non-hydrogen) atoms. The first-order chi connectivity index (χ1) is 11.3. The zero-order chi connectivity index (χ0) is 18.2. The van der Waals surface area contributed by atoms with Crippen LogP contribution in [-0.2, 0) is 15.0 Å². The number of hydrogen-bond acceptors (Lipinski definition) is 2. The number of nitrogens with zero attached hydrogens (tertiary/aromatic N) is 1. The minimum atomic E-state index is -0.197. The van der Waals surface area contributed by atoms with Crippen LogP contribution in [0.15, 0.2) is 24.3 Å². The number of amides is 2. The molecule has 5 heteroatoms. The highest BCUT2D eigenvalue weighted by Gasteiger charge is 2.21. The maximum absolute atomic E-state index is 12.0. The van der Waals surface area contributed by atoms with Gasteiger partial charge >= 0.3 is 0 Å². The number of halogens is 1. The summed E-state index contributed by atoms with van der Waals surface area (Å²) in [5, 5.41) is 3.66. The molecular formula is C19H29ClN2O2. The van der Waals surface area contributed by atoms with E-state index in [1.54, 1.807) is 4.90 Å². The Labute approximate surface area is 150 Å². The zero-order valence-electron chi connectivity index (χ0n) is 15.2. The molecule has 0 aliphatic heterocycles. The van der Waals surface area contributed by atoms with Crippen LogP contribution in [0, 0.1) is 0 Å². The molecule has 0 heterocycles. The van der Waals surface area contributed by atoms with Crippen molar-refractivity contribution in [1.82, 2.24) is 10.2 Å². The number of carbonyl (C=O) groups excluding carboxylic acids is 2. The van der Waals surface area contributed by atoms with Crippen LogP contribution in [0.2, 0.25) is 5.02 Å². The third-order valence-corrected chi connectivity index (χ3v) is 4.48. The summed E-state index contributed by atoms with van der Waals surface area (Å²) < 4.78 is 0. The molecule has 0 unspecified atom stereocenters. The molecule has 0 bridgehead atoms. The Balaban J connectivity index is 2.39. The van der Waals surface area contributed by atoms with Gasteiger partial charge in [0.05, 0.1) is 0 Å². The fourth-order valence-corrected chi connectivity index (χ4v) is 2.74. The first kappa shape index (κ1) is 20.5. The third kappa shape index (κ3) is 6.52. The molecule has 134 valence electrons. The second-order valence-electron chi connectivity index (χ2n) is 6.59. The maximum Gasteiger partial charge on any atom is 0.222 e. The van der Waals surface area contributed by atoms with Gasteiger partial charge in [-0.05, 0) is 38.0 Å². The number of nitrogens with one attached hydrogen (secondary N) is 1. The quantitative estimate of drug-likeness (QED) is 0.735. The Bertz CT molecular complexity index is 554. The molecule has 0 aromatic heterocycles. The van der Waals surface area contributed by atoms with Crippen molar-refractivity contribution in [1.29, 1.82) is 0 Å². The van der Waals surface area contributed by atoms with E-state index in [9.17, 15) is 9.59 Å². The Morgan fingerprint density at radius 2 is 1.83 bits per heavy atom. The van der Waals surface area contributed by atoms with E-state index < -0.39 is 0 Å². The van der Waals surface area contributed by atoms with Crippen molar-refractivity contribution in [3.05, 3.63) is 34.9 Å². The molecule has 0 spiro atoms. The van der Waals surface area contributed by atoms with Crippen molar-refractivity contribution in [3.8, 4) is 0 Å². The van der Waals surface area contributed by atoms with Crippen LogP contribution >= 0.6 is 11.6 Å². The van der Waals surface area contributed by atoms with E-state index in [0.29, 0.717) is 30.8 Å². The van der Waals surface area contributed by atoms with Crippen molar-refractivity contribution >= 4 is 23.4 Å². The van der Waals surface area contributed by atoms with Crippen LogP contribution in [-0.4, -0.2) is 36.3 Å².